The molecule has 0 atom stereocenters. The normalized spacial score (nSPS) is 14.6. The van der Waals surface area contributed by atoms with Gasteiger partial charge in [-0.25, -0.2) is 4.98 Å². The molecule has 0 radical (unpaired) electrons. The maximum atomic E-state index is 5.47. The second-order valence-electron chi connectivity index (χ2n) is 8.25. The highest BCUT2D eigenvalue weighted by Crippen LogP contribution is 2.33. The molecule has 1 aromatic heterocycles. The number of hydrogen-bond donors (Lipinski definition) is 1. The van der Waals surface area contributed by atoms with Crippen molar-refractivity contribution in [2.75, 3.05) is 34.4 Å². The van der Waals surface area contributed by atoms with Crippen molar-refractivity contribution >= 4 is 17.3 Å². The molecule has 1 aliphatic rings. The zero-order chi connectivity index (χ0) is 21.0. The maximum absolute atomic E-state index is 5.47. The lowest BCUT2D eigenvalue weighted by Crippen LogP contribution is -2.44. The molecule has 2 aromatic rings. The molecule has 1 N–H and O–H groups in total. The van der Waals surface area contributed by atoms with Crippen molar-refractivity contribution in [3.63, 3.8) is 0 Å². The average Bonchev–Trinajstić information content (AvgIpc) is 3.19. The van der Waals surface area contributed by atoms with E-state index in [0.29, 0.717) is 0 Å². The summed E-state index contributed by atoms with van der Waals surface area (Å²) in [5, 5.41) is 6.84. The van der Waals surface area contributed by atoms with Crippen molar-refractivity contribution in [2.45, 2.75) is 45.6 Å². The Hall–Kier alpha value is -2.28. The van der Waals surface area contributed by atoms with Crippen molar-refractivity contribution in [1.29, 1.82) is 0 Å². The lowest BCUT2D eigenvalue weighted by atomic mass is 9.93. The summed E-state index contributed by atoms with van der Waals surface area (Å²) in [6.45, 7) is 9.15. The Morgan fingerprint density at radius 1 is 1.21 bits per heavy atom. The van der Waals surface area contributed by atoms with Crippen LogP contribution < -0.4 is 14.8 Å². The van der Waals surface area contributed by atoms with Gasteiger partial charge < -0.3 is 19.7 Å². The van der Waals surface area contributed by atoms with E-state index in [9.17, 15) is 0 Å². The molecule has 158 valence electrons. The van der Waals surface area contributed by atoms with E-state index in [0.717, 1.165) is 49.9 Å². The number of methoxy groups -OCH3 is 2. The first-order valence-electron chi connectivity index (χ1n) is 10.00. The quantitative estimate of drug-likeness (QED) is 0.596. The van der Waals surface area contributed by atoms with Crippen LogP contribution in [0, 0.1) is 0 Å². The van der Waals surface area contributed by atoms with Gasteiger partial charge in [-0.15, -0.1) is 11.3 Å². The van der Waals surface area contributed by atoms with E-state index in [1.54, 1.807) is 25.6 Å². The van der Waals surface area contributed by atoms with Gasteiger partial charge in [-0.1, -0.05) is 20.8 Å². The SMILES string of the molecule is CN=C(NCCc1nc(C(C)(C)C)cs1)N1CCc2cc(OC)c(OC)cc2C1. The fourth-order valence-electron chi connectivity index (χ4n) is 3.45. The molecule has 0 aliphatic carbocycles. The molecule has 3 rings (SSSR count). The number of guanidine groups is 1. The molecule has 6 nitrogen and oxygen atoms in total. The minimum absolute atomic E-state index is 0.100. The zero-order valence-corrected chi connectivity index (χ0v) is 19.2. The summed E-state index contributed by atoms with van der Waals surface area (Å²) in [6, 6.07) is 4.17. The molecule has 2 heterocycles. The monoisotopic (exact) mass is 416 g/mol. The summed E-state index contributed by atoms with van der Waals surface area (Å²) >= 11 is 1.74. The van der Waals surface area contributed by atoms with Gasteiger partial charge in [0.1, 0.15) is 0 Å². The minimum Gasteiger partial charge on any atom is -0.493 e. The first kappa shape index (κ1) is 21.4. The Kier molecular flexibility index (Phi) is 6.67. The van der Waals surface area contributed by atoms with Crippen LogP contribution in [-0.4, -0.2) is 50.2 Å². The maximum Gasteiger partial charge on any atom is 0.193 e. The van der Waals surface area contributed by atoms with Gasteiger partial charge >= 0.3 is 0 Å². The standard InChI is InChI=1S/C22H32N4O2S/c1-22(2,3)19-14-29-20(25-19)7-9-24-21(23-4)26-10-8-15-11-17(27-5)18(28-6)12-16(15)13-26/h11-12,14H,7-10,13H2,1-6H3,(H,23,24). The van der Waals surface area contributed by atoms with Crippen molar-refractivity contribution in [3.8, 4) is 11.5 Å². The number of benzene rings is 1. The summed E-state index contributed by atoms with van der Waals surface area (Å²) in [5.41, 5.74) is 3.83. The first-order chi connectivity index (χ1) is 13.9. The predicted octanol–water partition coefficient (Wildman–Crippen LogP) is 3.63. The van der Waals surface area contributed by atoms with Crippen molar-refractivity contribution in [1.82, 2.24) is 15.2 Å². The van der Waals surface area contributed by atoms with Gasteiger partial charge in [-0.2, -0.15) is 0 Å². The molecule has 0 saturated heterocycles. The summed E-state index contributed by atoms with van der Waals surface area (Å²) in [7, 11) is 5.20. The van der Waals surface area contributed by atoms with Crippen molar-refractivity contribution < 1.29 is 9.47 Å². The third kappa shape index (κ3) is 5.01. The van der Waals surface area contributed by atoms with Gasteiger partial charge in [-0.05, 0) is 29.7 Å². The van der Waals surface area contributed by atoms with E-state index in [1.165, 1.54) is 21.8 Å². The number of ether oxygens (including phenoxy) is 2. The first-order valence-corrected chi connectivity index (χ1v) is 10.9. The van der Waals surface area contributed by atoms with E-state index in [1.807, 2.05) is 7.05 Å². The average molecular weight is 417 g/mol. The molecule has 29 heavy (non-hydrogen) atoms. The smallest absolute Gasteiger partial charge is 0.193 e. The molecule has 0 spiro atoms. The van der Waals surface area contributed by atoms with Crippen LogP contribution in [0.1, 0.15) is 42.6 Å². The highest BCUT2D eigenvalue weighted by molar-refractivity contribution is 7.09. The van der Waals surface area contributed by atoms with Gasteiger partial charge in [0.2, 0.25) is 0 Å². The second kappa shape index (κ2) is 9.03. The van der Waals surface area contributed by atoms with Crippen molar-refractivity contribution in [3.05, 3.63) is 39.3 Å². The molecule has 0 unspecified atom stereocenters. The molecule has 0 fully saturated rings. The molecular formula is C22H32N4O2S. The lowest BCUT2D eigenvalue weighted by molar-refractivity contribution is 0.346. The van der Waals surface area contributed by atoms with Crippen LogP contribution >= 0.6 is 11.3 Å². The Balaban J connectivity index is 1.61. The van der Waals surface area contributed by atoms with Crippen LogP contribution in [0.3, 0.4) is 0 Å². The number of hydrogen-bond acceptors (Lipinski definition) is 5. The fourth-order valence-corrected chi connectivity index (χ4v) is 4.47. The Morgan fingerprint density at radius 3 is 2.48 bits per heavy atom. The van der Waals surface area contributed by atoms with Crippen molar-refractivity contribution in [2.24, 2.45) is 4.99 Å². The van der Waals surface area contributed by atoms with Gasteiger partial charge in [0, 0.05) is 43.9 Å². The number of thiazole rings is 1. The van der Waals surface area contributed by atoms with Crippen LogP contribution in [0.25, 0.3) is 0 Å². The number of nitrogens with zero attached hydrogens (tertiary/aromatic N) is 3. The van der Waals surface area contributed by atoms with Crippen LogP contribution in [-0.2, 0) is 24.8 Å². The minimum atomic E-state index is 0.100. The summed E-state index contributed by atoms with van der Waals surface area (Å²) in [6.07, 6.45) is 1.85. The molecule has 1 aromatic carbocycles. The highest BCUT2D eigenvalue weighted by atomic mass is 32.1. The lowest BCUT2D eigenvalue weighted by Gasteiger charge is -2.32. The third-order valence-electron chi connectivity index (χ3n) is 5.17. The molecule has 0 bridgehead atoms. The Bertz CT molecular complexity index is 870. The van der Waals surface area contributed by atoms with E-state index in [2.05, 4.69) is 53.5 Å². The molecule has 1 aliphatic heterocycles. The van der Waals surface area contributed by atoms with Crippen LogP contribution in [0.5, 0.6) is 11.5 Å². The summed E-state index contributed by atoms with van der Waals surface area (Å²) in [5.74, 6) is 2.49. The largest absolute Gasteiger partial charge is 0.493 e. The summed E-state index contributed by atoms with van der Waals surface area (Å²) in [4.78, 5) is 11.6. The number of nitrogens with one attached hydrogen (secondary N) is 1. The van der Waals surface area contributed by atoms with E-state index < -0.39 is 0 Å². The van der Waals surface area contributed by atoms with E-state index >= 15 is 0 Å². The topological polar surface area (TPSA) is 59.0 Å². The molecular weight excluding hydrogens is 384 g/mol. The number of rotatable bonds is 5. The second-order valence-corrected chi connectivity index (χ2v) is 9.19. The number of aromatic nitrogens is 1. The Morgan fingerprint density at radius 2 is 1.90 bits per heavy atom. The Labute approximate surface area is 178 Å². The molecule has 0 saturated carbocycles. The van der Waals surface area contributed by atoms with Crippen LogP contribution in [0.2, 0.25) is 0 Å². The van der Waals surface area contributed by atoms with E-state index in [4.69, 9.17) is 14.5 Å². The summed E-state index contributed by atoms with van der Waals surface area (Å²) < 4.78 is 10.9. The zero-order valence-electron chi connectivity index (χ0n) is 18.3. The van der Waals surface area contributed by atoms with E-state index in [-0.39, 0.29) is 5.41 Å². The predicted molar refractivity (Wildman–Crippen MR) is 120 cm³/mol. The van der Waals surface area contributed by atoms with Gasteiger partial charge in [0.15, 0.2) is 17.5 Å². The molecule has 7 heteroatoms. The fraction of sp³-hybridized carbons (Fsp3) is 0.545. The van der Waals surface area contributed by atoms with Gasteiger partial charge in [-0.3, -0.25) is 4.99 Å². The number of fused-ring (bicyclic) bond motifs is 1. The van der Waals surface area contributed by atoms with Gasteiger partial charge in [0.05, 0.1) is 24.9 Å². The van der Waals surface area contributed by atoms with Crippen LogP contribution in [0.4, 0.5) is 0 Å². The van der Waals surface area contributed by atoms with Crippen LogP contribution in [0.15, 0.2) is 22.5 Å². The van der Waals surface area contributed by atoms with Gasteiger partial charge in [0.25, 0.3) is 0 Å². The molecule has 0 amide bonds. The third-order valence-corrected chi connectivity index (χ3v) is 6.08. The number of aliphatic imine (C=N–C) groups is 1. The highest BCUT2D eigenvalue weighted by Gasteiger charge is 2.22.